The zero-order valence-corrected chi connectivity index (χ0v) is 22.1. The molecule has 0 heterocycles. The number of carbonyl (C=O) groups is 1. The van der Waals surface area contributed by atoms with E-state index in [2.05, 4.69) is 19.9 Å². The Kier molecular flexibility index (Phi) is 12.4. The van der Waals surface area contributed by atoms with Gasteiger partial charge in [0.05, 0.1) is 12.2 Å². The van der Waals surface area contributed by atoms with Gasteiger partial charge in [-0.3, -0.25) is 0 Å². The lowest BCUT2D eigenvalue weighted by atomic mass is 9.83. The highest BCUT2D eigenvalue weighted by molar-refractivity contribution is 5.71. The third-order valence-corrected chi connectivity index (χ3v) is 7.57. The van der Waals surface area contributed by atoms with E-state index in [9.17, 15) is 15.0 Å². The molecule has 5 heteroatoms. The third kappa shape index (κ3) is 8.88. The molecule has 0 radical (unpaired) electrons. The molecule has 1 saturated carbocycles. The minimum Gasteiger partial charge on any atom is -0.482 e. The van der Waals surface area contributed by atoms with E-state index in [1.165, 1.54) is 12.0 Å². The van der Waals surface area contributed by atoms with Crippen LogP contribution in [0, 0.1) is 17.8 Å². The lowest BCUT2D eigenvalue weighted by Gasteiger charge is -2.25. The Morgan fingerprint density at radius 3 is 2.56 bits per heavy atom. The van der Waals surface area contributed by atoms with Crippen molar-refractivity contribution >= 4 is 5.97 Å². The van der Waals surface area contributed by atoms with E-state index in [0.717, 1.165) is 69.1 Å². The zero-order chi connectivity index (χ0) is 25.1. The highest BCUT2D eigenvalue weighted by Crippen LogP contribution is 2.39. The van der Waals surface area contributed by atoms with Crippen LogP contribution in [0.25, 0.3) is 0 Å². The SMILES string of the molecule is CCCCC[C@H](O)CC[C@@H]1[C@@H](Cc2cccc(OCC(=O)OC(C)C(C)C)c2CC)CC[C@H]1O. The fraction of sp³-hybridized carbons (Fsp3) is 0.759. The number of esters is 1. The second-order valence-electron chi connectivity index (χ2n) is 10.5. The van der Waals surface area contributed by atoms with Crippen LogP contribution >= 0.6 is 0 Å². The molecule has 0 amide bonds. The highest BCUT2D eigenvalue weighted by atomic mass is 16.6. The molecule has 34 heavy (non-hydrogen) atoms. The van der Waals surface area contributed by atoms with E-state index < -0.39 is 0 Å². The fourth-order valence-corrected chi connectivity index (χ4v) is 5.10. The van der Waals surface area contributed by atoms with Crippen LogP contribution in [0.15, 0.2) is 18.2 Å². The number of hydrogen-bond donors (Lipinski definition) is 2. The normalized spacial score (nSPS) is 22.1. The number of ether oxygens (including phenoxy) is 2. The molecule has 1 aromatic carbocycles. The summed E-state index contributed by atoms with van der Waals surface area (Å²) < 4.78 is 11.3. The zero-order valence-electron chi connectivity index (χ0n) is 22.1. The van der Waals surface area contributed by atoms with Gasteiger partial charge in [-0.15, -0.1) is 0 Å². The number of benzene rings is 1. The molecule has 1 aromatic rings. The Morgan fingerprint density at radius 2 is 1.88 bits per heavy atom. The predicted molar refractivity (Wildman–Crippen MR) is 137 cm³/mol. The number of aliphatic hydroxyl groups is 2. The summed E-state index contributed by atoms with van der Waals surface area (Å²) in [6.45, 7) is 10.1. The van der Waals surface area contributed by atoms with Crippen molar-refractivity contribution in [2.75, 3.05) is 6.61 Å². The first-order valence-electron chi connectivity index (χ1n) is 13.6. The Morgan fingerprint density at radius 1 is 1.12 bits per heavy atom. The van der Waals surface area contributed by atoms with Gasteiger partial charge in [-0.2, -0.15) is 0 Å². The van der Waals surface area contributed by atoms with Crippen molar-refractivity contribution in [1.82, 2.24) is 0 Å². The summed E-state index contributed by atoms with van der Waals surface area (Å²) >= 11 is 0. The first-order chi connectivity index (χ1) is 16.3. The molecular weight excluding hydrogens is 428 g/mol. The molecule has 0 bridgehead atoms. The van der Waals surface area contributed by atoms with Gasteiger partial charge in [-0.1, -0.05) is 59.1 Å². The monoisotopic (exact) mass is 476 g/mol. The number of carbonyl (C=O) groups excluding carboxylic acids is 1. The van der Waals surface area contributed by atoms with Crippen molar-refractivity contribution in [3.63, 3.8) is 0 Å². The van der Waals surface area contributed by atoms with Crippen LogP contribution in [0.1, 0.15) is 97.1 Å². The predicted octanol–water partition coefficient (Wildman–Crippen LogP) is 5.87. The van der Waals surface area contributed by atoms with Gasteiger partial charge in [0.25, 0.3) is 0 Å². The lowest BCUT2D eigenvalue weighted by Crippen LogP contribution is -2.24. The summed E-state index contributed by atoms with van der Waals surface area (Å²) in [5.41, 5.74) is 2.36. The van der Waals surface area contributed by atoms with Crippen molar-refractivity contribution in [2.45, 2.75) is 117 Å². The van der Waals surface area contributed by atoms with Crippen LogP contribution in [-0.4, -0.2) is 41.1 Å². The Bertz CT molecular complexity index is 731. The molecular formula is C29H48O5. The van der Waals surface area contributed by atoms with E-state index in [-0.39, 0.29) is 42.7 Å². The first-order valence-corrected chi connectivity index (χ1v) is 13.6. The summed E-state index contributed by atoms with van der Waals surface area (Å²) in [5.74, 6) is 1.30. The van der Waals surface area contributed by atoms with Crippen LogP contribution in [0.3, 0.4) is 0 Å². The molecule has 1 fully saturated rings. The van der Waals surface area contributed by atoms with Crippen LogP contribution in [0.5, 0.6) is 5.75 Å². The molecule has 2 rings (SSSR count). The number of unbranched alkanes of at least 4 members (excludes halogenated alkanes) is 2. The van der Waals surface area contributed by atoms with E-state index >= 15 is 0 Å². The number of hydrogen-bond acceptors (Lipinski definition) is 5. The summed E-state index contributed by atoms with van der Waals surface area (Å²) in [6.07, 6.45) is 8.77. The minimum atomic E-state index is -0.342. The van der Waals surface area contributed by atoms with Gasteiger partial charge in [0.15, 0.2) is 6.61 Å². The van der Waals surface area contributed by atoms with Crippen molar-refractivity contribution in [1.29, 1.82) is 0 Å². The first kappa shape index (κ1) is 28.6. The average Bonchev–Trinajstić information content (AvgIpc) is 3.15. The second-order valence-corrected chi connectivity index (χ2v) is 10.5. The summed E-state index contributed by atoms with van der Waals surface area (Å²) in [4.78, 5) is 12.2. The van der Waals surface area contributed by atoms with Gasteiger partial charge >= 0.3 is 5.97 Å². The quantitative estimate of drug-likeness (QED) is 0.245. The maximum absolute atomic E-state index is 12.2. The maximum atomic E-state index is 12.2. The standard InChI is InChI=1S/C29H48O5/c1-6-8-9-12-24(30)15-16-26-23(14-17-27(26)31)18-22-11-10-13-28(25(22)7-2)33-19-29(32)34-21(5)20(3)4/h10-11,13,20-21,23-24,26-27,30-31H,6-9,12,14-19H2,1-5H3/t21?,23-,24+,26-,27-/m1/s1. The maximum Gasteiger partial charge on any atom is 0.344 e. The van der Waals surface area contributed by atoms with E-state index in [0.29, 0.717) is 5.92 Å². The molecule has 0 aromatic heterocycles. The largest absolute Gasteiger partial charge is 0.482 e. The smallest absolute Gasteiger partial charge is 0.344 e. The van der Waals surface area contributed by atoms with Crippen LogP contribution < -0.4 is 4.74 Å². The second kappa shape index (κ2) is 14.7. The molecule has 0 spiro atoms. The van der Waals surface area contributed by atoms with Crippen molar-refractivity contribution < 1.29 is 24.5 Å². The molecule has 1 aliphatic rings. The molecule has 0 saturated heterocycles. The van der Waals surface area contributed by atoms with E-state index in [1.54, 1.807) is 0 Å². The lowest BCUT2D eigenvalue weighted by molar-refractivity contribution is -0.152. The Labute approximate surface area is 207 Å². The Balaban J connectivity index is 1.98. The fourth-order valence-electron chi connectivity index (χ4n) is 5.10. The summed E-state index contributed by atoms with van der Waals surface area (Å²) in [5, 5.41) is 21.0. The minimum absolute atomic E-state index is 0.0891. The van der Waals surface area contributed by atoms with Gasteiger partial charge in [0.1, 0.15) is 11.9 Å². The molecule has 5 atom stereocenters. The topological polar surface area (TPSA) is 76.0 Å². The van der Waals surface area contributed by atoms with Gasteiger partial charge in [0, 0.05) is 0 Å². The number of rotatable bonds is 15. The molecule has 2 N–H and O–H groups in total. The molecule has 1 unspecified atom stereocenters. The molecule has 1 aliphatic carbocycles. The van der Waals surface area contributed by atoms with Gasteiger partial charge in [0.2, 0.25) is 0 Å². The van der Waals surface area contributed by atoms with Crippen molar-refractivity contribution in [3.05, 3.63) is 29.3 Å². The van der Waals surface area contributed by atoms with E-state index in [1.807, 2.05) is 32.9 Å². The van der Waals surface area contributed by atoms with E-state index in [4.69, 9.17) is 9.47 Å². The van der Waals surface area contributed by atoms with Crippen molar-refractivity contribution in [3.8, 4) is 5.75 Å². The van der Waals surface area contributed by atoms with Crippen molar-refractivity contribution in [2.24, 2.45) is 17.8 Å². The van der Waals surface area contributed by atoms with Crippen LogP contribution in [-0.2, 0) is 22.4 Å². The number of aliphatic hydroxyl groups excluding tert-OH is 2. The van der Waals surface area contributed by atoms with Gasteiger partial charge < -0.3 is 19.7 Å². The highest BCUT2D eigenvalue weighted by Gasteiger charge is 2.35. The average molecular weight is 477 g/mol. The third-order valence-electron chi connectivity index (χ3n) is 7.57. The molecule has 5 nitrogen and oxygen atoms in total. The Hall–Kier alpha value is -1.59. The van der Waals surface area contributed by atoms with Gasteiger partial charge in [-0.25, -0.2) is 4.79 Å². The summed E-state index contributed by atoms with van der Waals surface area (Å²) in [7, 11) is 0. The summed E-state index contributed by atoms with van der Waals surface area (Å²) in [6, 6.07) is 6.06. The van der Waals surface area contributed by atoms with Crippen LogP contribution in [0.4, 0.5) is 0 Å². The molecule has 0 aliphatic heterocycles. The molecule has 194 valence electrons. The van der Waals surface area contributed by atoms with Gasteiger partial charge in [-0.05, 0) is 86.8 Å². The van der Waals surface area contributed by atoms with Crippen LogP contribution in [0.2, 0.25) is 0 Å².